The zero-order chi connectivity index (χ0) is 12.4. The van der Waals surface area contributed by atoms with Crippen molar-refractivity contribution in [1.29, 1.82) is 0 Å². The molecule has 0 radical (unpaired) electrons. The molecule has 1 aliphatic rings. The van der Waals surface area contributed by atoms with Crippen LogP contribution in [-0.2, 0) is 6.54 Å². The molecule has 1 aromatic carbocycles. The molecule has 1 fully saturated rings. The monoisotopic (exact) mass is 295 g/mol. The molecule has 0 unspecified atom stereocenters. The van der Waals surface area contributed by atoms with Crippen LogP contribution < -0.4 is 5.32 Å². The third-order valence-electron chi connectivity index (χ3n) is 2.87. The summed E-state index contributed by atoms with van der Waals surface area (Å²) in [6, 6.07) is 11.3. The topological polar surface area (TPSA) is 12.0 Å². The molecular formula is C14H14ClNS2. The Bertz CT molecular complexity index is 521. The van der Waals surface area contributed by atoms with Crippen LogP contribution in [0, 0.1) is 0 Å². The van der Waals surface area contributed by atoms with Gasteiger partial charge in [-0.25, -0.2) is 0 Å². The number of hydrogen-bond donors (Lipinski definition) is 1. The molecule has 1 nitrogen and oxygen atoms in total. The Hall–Kier alpha value is -0.480. The molecule has 94 valence electrons. The van der Waals surface area contributed by atoms with Gasteiger partial charge in [-0.2, -0.15) is 0 Å². The van der Waals surface area contributed by atoms with Gasteiger partial charge in [-0.05, 0) is 42.0 Å². The second-order valence-electron chi connectivity index (χ2n) is 4.45. The molecule has 0 aliphatic heterocycles. The van der Waals surface area contributed by atoms with E-state index in [0.29, 0.717) is 0 Å². The lowest BCUT2D eigenvalue weighted by Gasteiger charge is -2.07. The standard InChI is InChI=1S/C14H14ClNS2/c15-12-8-10(9-16-11-4-5-11)3-6-13(12)18-14-2-1-7-17-14/h1-3,6-8,11,16H,4-5,9H2. The highest BCUT2D eigenvalue weighted by Gasteiger charge is 2.19. The molecule has 18 heavy (non-hydrogen) atoms. The number of benzene rings is 1. The molecule has 2 aromatic rings. The Morgan fingerprint density at radius 3 is 2.89 bits per heavy atom. The number of rotatable bonds is 5. The second kappa shape index (κ2) is 5.66. The van der Waals surface area contributed by atoms with Gasteiger partial charge in [-0.1, -0.05) is 35.5 Å². The Labute approximate surface area is 121 Å². The fraction of sp³-hybridized carbons (Fsp3) is 0.286. The summed E-state index contributed by atoms with van der Waals surface area (Å²) in [6.07, 6.45) is 2.64. The maximum Gasteiger partial charge on any atom is 0.0646 e. The quantitative estimate of drug-likeness (QED) is 0.850. The van der Waals surface area contributed by atoms with Gasteiger partial charge in [0.2, 0.25) is 0 Å². The van der Waals surface area contributed by atoms with Gasteiger partial charge in [0.15, 0.2) is 0 Å². The molecule has 1 heterocycles. The summed E-state index contributed by atoms with van der Waals surface area (Å²) in [5.74, 6) is 0. The van der Waals surface area contributed by atoms with Gasteiger partial charge in [0, 0.05) is 17.5 Å². The Kier molecular flexibility index (Phi) is 3.94. The van der Waals surface area contributed by atoms with Crippen molar-refractivity contribution >= 4 is 34.7 Å². The zero-order valence-corrected chi connectivity index (χ0v) is 12.2. The number of hydrogen-bond acceptors (Lipinski definition) is 3. The van der Waals surface area contributed by atoms with Crippen LogP contribution in [0.1, 0.15) is 18.4 Å². The molecule has 1 N–H and O–H groups in total. The SMILES string of the molecule is Clc1cc(CNC2CC2)ccc1Sc1cccs1. The summed E-state index contributed by atoms with van der Waals surface area (Å²) in [5, 5.41) is 6.44. The fourth-order valence-corrected chi connectivity index (χ4v) is 3.77. The third kappa shape index (κ3) is 3.29. The van der Waals surface area contributed by atoms with Crippen molar-refractivity contribution in [3.8, 4) is 0 Å². The Morgan fingerprint density at radius 2 is 2.22 bits per heavy atom. The van der Waals surface area contributed by atoms with Gasteiger partial charge in [0.1, 0.15) is 0 Å². The lowest BCUT2D eigenvalue weighted by molar-refractivity contribution is 0.687. The van der Waals surface area contributed by atoms with Gasteiger partial charge in [-0.15, -0.1) is 11.3 Å². The molecule has 0 spiro atoms. The first-order valence-electron chi connectivity index (χ1n) is 6.04. The minimum atomic E-state index is 0.740. The van der Waals surface area contributed by atoms with E-state index in [1.54, 1.807) is 23.1 Å². The van der Waals surface area contributed by atoms with Crippen molar-refractivity contribution in [2.75, 3.05) is 0 Å². The van der Waals surface area contributed by atoms with Crippen molar-refractivity contribution in [2.24, 2.45) is 0 Å². The average molecular weight is 296 g/mol. The molecule has 0 saturated heterocycles. The molecule has 1 aromatic heterocycles. The van der Waals surface area contributed by atoms with Gasteiger partial charge in [-0.3, -0.25) is 0 Å². The van der Waals surface area contributed by atoms with Crippen molar-refractivity contribution in [2.45, 2.75) is 34.5 Å². The van der Waals surface area contributed by atoms with Crippen molar-refractivity contribution in [3.63, 3.8) is 0 Å². The van der Waals surface area contributed by atoms with Gasteiger partial charge in [0.25, 0.3) is 0 Å². The highest BCUT2D eigenvalue weighted by molar-refractivity contribution is 8.01. The van der Waals surface area contributed by atoms with Crippen LogP contribution in [0.2, 0.25) is 5.02 Å². The van der Waals surface area contributed by atoms with E-state index in [1.165, 1.54) is 22.6 Å². The summed E-state index contributed by atoms with van der Waals surface area (Å²) in [7, 11) is 0. The van der Waals surface area contributed by atoms with Crippen LogP contribution in [0.15, 0.2) is 44.8 Å². The van der Waals surface area contributed by atoms with E-state index in [2.05, 4.69) is 41.0 Å². The van der Waals surface area contributed by atoms with E-state index in [9.17, 15) is 0 Å². The highest BCUT2D eigenvalue weighted by atomic mass is 35.5. The summed E-state index contributed by atoms with van der Waals surface area (Å²) in [5.41, 5.74) is 1.27. The summed E-state index contributed by atoms with van der Waals surface area (Å²) in [6.45, 7) is 0.925. The van der Waals surface area contributed by atoms with Crippen LogP contribution in [0.5, 0.6) is 0 Å². The molecule has 0 amide bonds. The highest BCUT2D eigenvalue weighted by Crippen LogP contribution is 2.36. The molecule has 3 rings (SSSR count). The number of nitrogens with one attached hydrogen (secondary N) is 1. The molecule has 0 bridgehead atoms. The maximum atomic E-state index is 6.33. The van der Waals surface area contributed by atoms with Gasteiger partial charge >= 0.3 is 0 Å². The fourth-order valence-electron chi connectivity index (χ4n) is 1.72. The van der Waals surface area contributed by atoms with Crippen LogP contribution >= 0.6 is 34.7 Å². The first-order chi connectivity index (χ1) is 8.81. The predicted molar refractivity (Wildman–Crippen MR) is 79.8 cm³/mol. The first kappa shape index (κ1) is 12.5. The van der Waals surface area contributed by atoms with E-state index in [1.807, 2.05) is 0 Å². The zero-order valence-electron chi connectivity index (χ0n) is 9.86. The van der Waals surface area contributed by atoms with Gasteiger partial charge < -0.3 is 5.32 Å². The van der Waals surface area contributed by atoms with Crippen LogP contribution in [0.4, 0.5) is 0 Å². The van der Waals surface area contributed by atoms with Crippen LogP contribution in [0.3, 0.4) is 0 Å². The van der Waals surface area contributed by atoms with E-state index in [0.717, 1.165) is 22.5 Å². The lowest BCUT2D eigenvalue weighted by Crippen LogP contribution is -2.15. The molecule has 0 atom stereocenters. The van der Waals surface area contributed by atoms with Crippen molar-refractivity contribution < 1.29 is 0 Å². The minimum absolute atomic E-state index is 0.740. The second-order valence-corrected chi connectivity index (χ2v) is 7.15. The third-order valence-corrected chi connectivity index (χ3v) is 5.41. The van der Waals surface area contributed by atoms with Crippen LogP contribution in [0.25, 0.3) is 0 Å². The minimum Gasteiger partial charge on any atom is -0.310 e. The lowest BCUT2D eigenvalue weighted by atomic mass is 10.2. The Balaban J connectivity index is 1.67. The first-order valence-corrected chi connectivity index (χ1v) is 8.12. The average Bonchev–Trinajstić information content (AvgIpc) is 3.06. The van der Waals surface area contributed by atoms with E-state index >= 15 is 0 Å². The van der Waals surface area contributed by atoms with E-state index in [-0.39, 0.29) is 0 Å². The number of thiophene rings is 1. The predicted octanol–water partition coefficient (Wildman–Crippen LogP) is 4.80. The van der Waals surface area contributed by atoms with E-state index in [4.69, 9.17) is 11.6 Å². The smallest absolute Gasteiger partial charge is 0.0646 e. The van der Waals surface area contributed by atoms with E-state index < -0.39 is 0 Å². The molecule has 4 heteroatoms. The summed E-state index contributed by atoms with van der Waals surface area (Å²) < 4.78 is 1.28. The molecule has 1 saturated carbocycles. The summed E-state index contributed by atoms with van der Waals surface area (Å²) >= 11 is 9.81. The maximum absolute atomic E-state index is 6.33. The molecular weight excluding hydrogens is 282 g/mol. The Morgan fingerprint density at radius 1 is 1.33 bits per heavy atom. The normalized spacial score (nSPS) is 14.9. The van der Waals surface area contributed by atoms with Crippen molar-refractivity contribution in [1.82, 2.24) is 5.32 Å². The largest absolute Gasteiger partial charge is 0.310 e. The van der Waals surface area contributed by atoms with Crippen LogP contribution in [-0.4, -0.2) is 6.04 Å². The number of halogens is 1. The van der Waals surface area contributed by atoms with Gasteiger partial charge in [0.05, 0.1) is 9.23 Å². The van der Waals surface area contributed by atoms with Crippen molar-refractivity contribution in [3.05, 3.63) is 46.3 Å². The molecule has 1 aliphatic carbocycles. The summed E-state index contributed by atoms with van der Waals surface area (Å²) in [4.78, 5) is 1.13.